The van der Waals surface area contributed by atoms with Crippen LogP contribution in [0.25, 0.3) is 27.5 Å². The Hall–Kier alpha value is -3.01. The average Bonchev–Trinajstić information content (AvgIpc) is 2.94. The number of fused-ring (bicyclic) bond motifs is 3. The van der Waals surface area contributed by atoms with Gasteiger partial charge in [0.1, 0.15) is 7.85 Å². The maximum absolute atomic E-state index is 12.2. The molecule has 0 aliphatic heterocycles. The number of para-hydroxylation sites is 2. The van der Waals surface area contributed by atoms with Gasteiger partial charge in [0.15, 0.2) is 0 Å². The lowest BCUT2D eigenvalue weighted by atomic mass is 9.94. The van der Waals surface area contributed by atoms with Gasteiger partial charge in [0, 0.05) is 10.8 Å². The fourth-order valence-corrected chi connectivity index (χ4v) is 3.30. The number of rotatable bonds is 2. The van der Waals surface area contributed by atoms with Crippen molar-refractivity contribution in [3.05, 3.63) is 72.3 Å². The molecule has 0 radical (unpaired) electrons. The SMILES string of the molecule is Bc1ccc2c(c1)c1ccccc1n2-c1ccccc1C(=O)OC. The highest BCUT2D eigenvalue weighted by Crippen LogP contribution is 2.32. The van der Waals surface area contributed by atoms with Crippen LogP contribution >= 0.6 is 0 Å². The number of hydrogen-bond acceptors (Lipinski definition) is 2. The number of carbonyl (C=O) groups excluding carboxylic acids is 1. The molecule has 4 aromatic rings. The third-order valence-electron chi connectivity index (χ3n) is 4.38. The Morgan fingerprint density at radius 3 is 2.46 bits per heavy atom. The highest BCUT2D eigenvalue weighted by molar-refractivity contribution is 6.34. The van der Waals surface area contributed by atoms with Crippen LogP contribution in [0.5, 0.6) is 0 Å². The second-order valence-corrected chi connectivity index (χ2v) is 5.88. The summed E-state index contributed by atoms with van der Waals surface area (Å²) < 4.78 is 7.10. The number of nitrogens with zero attached hydrogens (tertiary/aromatic N) is 1. The molecule has 116 valence electrons. The molecule has 0 aliphatic carbocycles. The van der Waals surface area contributed by atoms with Crippen molar-refractivity contribution in [3.8, 4) is 5.69 Å². The van der Waals surface area contributed by atoms with E-state index in [1.165, 1.54) is 23.3 Å². The van der Waals surface area contributed by atoms with Gasteiger partial charge in [0.05, 0.1) is 29.4 Å². The summed E-state index contributed by atoms with van der Waals surface area (Å²) in [5, 5.41) is 2.36. The van der Waals surface area contributed by atoms with E-state index in [0.29, 0.717) is 5.56 Å². The molecule has 0 atom stereocenters. The number of hydrogen-bond donors (Lipinski definition) is 0. The van der Waals surface area contributed by atoms with Crippen molar-refractivity contribution in [2.45, 2.75) is 0 Å². The number of methoxy groups -OCH3 is 1. The van der Waals surface area contributed by atoms with Crippen molar-refractivity contribution in [2.75, 3.05) is 7.11 Å². The van der Waals surface area contributed by atoms with Crippen molar-refractivity contribution in [2.24, 2.45) is 0 Å². The second-order valence-electron chi connectivity index (χ2n) is 5.88. The van der Waals surface area contributed by atoms with E-state index in [-0.39, 0.29) is 5.97 Å². The van der Waals surface area contributed by atoms with Crippen LogP contribution < -0.4 is 5.46 Å². The van der Waals surface area contributed by atoms with Crippen molar-refractivity contribution >= 4 is 41.1 Å². The maximum Gasteiger partial charge on any atom is 0.339 e. The predicted octanol–water partition coefficient (Wildman–Crippen LogP) is 2.83. The average molecular weight is 313 g/mol. The van der Waals surface area contributed by atoms with E-state index in [0.717, 1.165) is 16.7 Å². The van der Waals surface area contributed by atoms with Gasteiger partial charge < -0.3 is 9.30 Å². The fraction of sp³-hybridized carbons (Fsp3) is 0.0500. The minimum absolute atomic E-state index is 0.330. The molecule has 0 saturated carbocycles. The van der Waals surface area contributed by atoms with Crippen LogP contribution in [0.1, 0.15) is 10.4 Å². The smallest absolute Gasteiger partial charge is 0.339 e. The number of esters is 1. The maximum atomic E-state index is 12.2. The number of benzene rings is 3. The zero-order valence-electron chi connectivity index (χ0n) is 13.6. The summed E-state index contributed by atoms with van der Waals surface area (Å²) in [5.74, 6) is -0.330. The third kappa shape index (κ3) is 2.11. The molecule has 1 heterocycles. The van der Waals surface area contributed by atoms with Crippen molar-refractivity contribution in [1.29, 1.82) is 0 Å². The van der Waals surface area contributed by atoms with E-state index in [1.54, 1.807) is 6.07 Å². The normalized spacial score (nSPS) is 11.0. The van der Waals surface area contributed by atoms with Crippen LogP contribution in [0.3, 0.4) is 0 Å². The number of aromatic nitrogens is 1. The highest BCUT2D eigenvalue weighted by Gasteiger charge is 2.17. The van der Waals surface area contributed by atoms with E-state index in [4.69, 9.17) is 4.74 Å². The molecule has 0 bridgehead atoms. The Labute approximate surface area is 140 Å². The summed E-state index contributed by atoms with van der Waals surface area (Å²) in [6, 6.07) is 22.2. The van der Waals surface area contributed by atoms with Crippen LogP contribution in [-0.2, 0) is 4.74 Å². The first kappa shape index (κ1) is 14.6. The summed E-state index contributed by atoms with van der Waals surface area (Å²) in [5.41, 5.74) is 4.77. The lowest BCUT2D eigenvalue weighted by Gasteiger charge is -2.12. The van der Waals surface area contributed by atoms with Crippen molar-refractivity contribution in [3.63, 3.8) is 0 Å². The summed E-state index contributed by atoms with van der Waals surface area (Å²) in [6.07, 6.45) is 0. The molecule has 24 heavy (non-hydrogen) atoms. The molecule has 0 saturated heterocycles. The molecule has 0 aliphatic rings. The Morgan fingerprint density at radius 2 is 1.62 bits per heavy atom. The Kier molecular flexibility index (Phi) is 3.38. The Bertz CT molecular complexity index is 1080. The van der Waals surface area contributed by atoms with E-state index in [2.05, 4.69) is 42.7 Å². The quantitative estimate of drug-likeness (QED) is 0.421. The molecule has 0 unspecified atom stereocenters. The molecule has 4 heteroatoms. The molecule has 0 N–H and O–H groups in total. The van der Waals surface area contributed by atoms with Crippen LogP contribution in [0.15, 0.2) is 66.7 Å². The molecular weight excluding hydrogens is 297 g/mol. The Morgan fingerprint density at radius 1 is 0.917 bits per heavy atom. The minimum atomic E-state index is -0.330. The Balaban J connectivity index is 2.16. The highest BCUT2D eigenvalue weighted by atomic mass is 16.5. The van der Waals surface area contributed by atoms with Gasteiger partial charge >= 0.3 is 5.97 Å². The van der Waals surface area contributed by atoms with Crippen LogP contribution in [0.2, 0.25) is 0 Å². The molecule has 0 fully saturated rings. The van der Waals surface area contributed by atoms with Gasteiger partial charge in [-0.25, -0.2) is 4.79 Å². The second kappa shape index (κ2) is 5.57. The summed E-state index contributed by atoms with van der Waals surface area (Å²) in [6.45, 7) is 0. The molecule has 1 aromatic heterocycles. The van der Waals surface area contributed by atoms with E-state index < -0.39 is 0 Å². The molecular formula is C20H16BNO2. The van der Waals surface area contributed by atoms with Crippen molar-refractivity contribution in [1.82, 2.24) is 4.57 Å². The van der Waals surface area contributed by atoms with Crippen LogP contribution in [0.4, 0.5) is 0 Å². The van der Waals surface area contributed by atoms with Gasteiger partial charge in [-0.1, -0.05) is 47.9 Å². The van der Waals surface area contributed by atoms with Crippen molar-refractivity contribution < 1.29 is 9.53 Å². The van der Waals surface area contributed by atoms with E-state index >= 15 is 0 Å². The van der Waals surface area contributed by atoms with Gasteiger partial charge in [0.2, 0.25) is 0 Å². The first-order valence-electron chi connectivity index (χ1n) is 7.88. The van der Waals surface area contributed by atoms with E-state index in [1.807, 2.05) is 30.3 Å². The van der Waals surface area contributed by atoms with Gasteiger partial charge in [-0.05, 0) is 24.3 Å². The molecule has 3 nitrogen and oxygen atoms in total. The fourth-order valence-electron chi connectivity index (χ4n) is 3.30. The van der Waals surface area contributed by atoms with Gasteiger partial charge in [-0.3, -0.25) is 0 Å². The summed E-state index contributed by atoms with van der Waals surface area (Å²) in [4.78, 5) is 12.2. The zero-order valence-corrected chi connectivity index (χ0v) is 13.6. The van der Waals surface area contributed by atoms with Gasteiger partial charge in [0.25, 0.3) is 0 Å². The lowest BCUT2D eigenvalue weighted by Crippen LogP contribution is -2.08. The van der Waals surface area contributed by atoms with Gasteiger partial charge in [-0.15, -0.1) is 0 Å². The van der Waals surface area contributed by atoms with E-state index in [9.17, 15) is 4.79 Å². The lowest BCUT2D eigenvalue weighted by molar-refractivity contribution is 0.0601. The number of ether oxygens (including phenoxy) is 1. The molecule has 0 spiro atoms. The topological polar surface area (TPSA) is 31.2 Å². The van der Waals surface area contributed by atoms with Crippen LogP contribution in [-0.4, -0.2) is 25.5 Å². The first-order chi connectivity index (χ1) is 11.7. The van der Waals surface area contributed by atoms with Gasteiger partial charge in [-0.2, -0.15) is 0 Å². The summed E-state index contributed by atoms with van der Waals surface area (Å²) in [7, 11) is 3.50. The number of carbonyl (C=O) groups is 1. The third-order valence-corrected chi connectivity index (χ3v) is 4.38. The summed E-state index contributed by atoms with van der Waals surface area (Å²) >= 11 is 0. The standard InChI is InChI=1S/C20H16BNO2/c1-24-20(23)15-7-3-5-9-18(15)22-17-8-4-2-6-14(17)16-12-13(21)10-11-19(16)22/h2-12H,21H2,1H3. The minimum Gasteiger partial charge on any atom is -0.465 e. The predicted molar refractivity (Wildman–Crippen MR) is 100 cm³/mol. The van der Waals surface area contributed by atoms with Crippen LogP contribution in [0, 0.1) is 0 Å². The molecule has 0 amide bonds. The molecule has 3 aromatic carbocycles. The first-order valence-corrected chi connectivity index (χ1v) is 7.88. The molecule has 4 rings (SSSR count). The largest absolute Gasteiger partial charge is 0.465 e. The zero-order chi connectivity index (χ0) is 16.7. The monoisotopic (exact) mass is 313 g/mol.